The Kier molecular flexibility index (Phi) is 1.95. The van der Waals surface area contributed by atoms with Gasteiger partial charge in [-0.05, 0) is 24.3 Å². The number of aromatic amines is 2. The minimum atomic E-state index is -0.445. The summed E-state index contributed by atoms with van der Waals surface area (Å²) in [6.07, 6.45) is 0. The molecule has 3 aromatic rings. The largest absolute Gasteiger partial charge is 0.464 e. The van der Waals surface area contributed by atoms with Crippen molar-refractivity contribution in [1.29, 1.82) is 0 Å². The fourth-order valence-electron chi connectivity index (χ4n) is 1.97. The van der Waals surface area contributed by atoms with E-state index >= 15 is 0 Å². The van der Waals surface area contributed by atoms with Gasteiger partial charge in [0.25, 0.3) is 0 Å². The van der Waals surface area contributed by atoms with Crippen LogP contribution in [0, 0.1) is 5.82 Å². The molecule has 0 aliphatic heterocycles. The summed E-state index contributed by atoms with van der Waals surface area (Å²) in [5, 5.41) is 1.52. The van der Waals surface area contributed by atoms with Crippen LogP contribution in [-0.4, -0.2) is 23.0 Å². The maximum Gasteiger partial charge on any atom is 0.354 e. The number of carbonyl (C=O) groups is 1. The Morgan fingerprint density at radius 2 is 2.06 bits per heavy atom. The molecule has 0 unspecified atom stereocenters. The molecule has 3 rings (SSSR count). The van der Waals surface area contributed by atoms with Gasteiger partial charge in [0.1, 0.15) is 17.2 Å². The van der Waals surface area contributed by atoms with Crippen LogP contribution in [0.3, 0.4) is 0 Å². The lowest BCUT2D eigenvalue weighted by molar-refractivity contribution is 0.0595. The van der Waals surface area contributed by atoms with E-state index in [1.54, 1.807) is 12.1 Å². The normalized spacial score (nSPS) is 11.2. The third-order valence-electron chi connectivity index (χ3n) is 2.75. The molecule has 2 heterocycles. The monoisotopic (exact) mass is 232 g/mol. The number of fused-ring (bicyclic) bond motifs is 3. The van der Waals surface area contributed by atoms with Crippen molar-refractivity contribution in [3.8, 4) is 0 Å². The van der Waals surface area contributed by atoms with Crippen molar-refractivity contribution in [1.82, 2.24) is 9.97 Å². The number of esters is 1. The maximum absolute atomic E-state index is 13.2. The quantitative estimate of drug-likeness (QED) is 0.633. The summed E-state index contributed by atoms with van der Waals surface area (Å²) in [5.41, 5.74) is 1.86. The molecular weight excluding hydrogens is 223 g/mol. The van der Waals surface area contributed by atoms with Gasteiger partial charge in [-0.3, -0.25) is 0 Å². The van der Waals surface area contributed by atoms with Crippen LogP contribution in [-0.2, 0) is 4.74 Å². The van der Waals surface area contributed by atoms with Gasteiger partial charge in [0.05, 0.1) is 7.11 Å². The van der Waals surface area contributed by atoms with E-state index in [1.165, 1.54) is 19.2 Å². The zero-order chi connectivity index (χ0) is 12.0. The highest BCUT2D eigenvalue weighted by Crippen LogP contribution is 2.26. The topological polar surface area (TPSA) is 57.9 Å². The molecule has 0 saturated heterocycles. The van der Waals surface area contributed by atoms with Crippen LogP contribution >= 0.6 is 0 Å². The van der Waals surface area contributed by atoms with Crippen molar-refractivity contribution < 1.29 is 13.9 Å². The predicted molar refractivity (Wildman–Crippen MR) is 61.5 cm³/mol. The van der Waals surface area contributed by atoms with Gasteiger partial charge in [0.2, 0.25) is 0 Å². The summed E-state index contributed by atoms with van der Waals surface area (Å²) in [6.45, 7) is 0. The molecule has 0 aliphatic rings. The maximum atomic E-state index is 13.2. The number of benzene rings is 1. The lowest BCUT2D eigenvalue weighted by Gasteiger charge is -1.93. The van der Waals surface area contributed by atoms with Crippen LogP contribution in [0.15, 0.2) is 24.3 Å². The first-order chi connectivity index (χ1) is 8.19. The molecule has 4 nitrogen and oxygen atoms in total. The van der Waals surface area contributed by atoms with Gasteiger partial charge in [-0.1, -0.05) is 0 Å². The third-order valence-corrected chi connectivity index (χ3v) is 2.75. The number of halogens is 1. The first-order valence-corrected chi connectivity index (χ1v) is 5.07. The van der Waals surface area contributed by atoms with Crippen molar-refractivity contribution >= 4 is 27.9 Å². The second-order valence-corrected chi connectivity index (χ2v) is 3.78. The number of nitrogens with one attached hydrogen (secondary N) is 2. The van der Waals surface area contributed by atoms with E-state index in [2.05, 4.69) is 14.7 Å². The Balaban J connectivity index is 2.30. The number of hydrogen-bond donors (Lipinski definition) is 2. The van der Waals surface area contributed by atoms with Gasteiger partial charge < -0.3 is 14.7 Å². The highest BCUT2D eigenvalue weighted by atomic mass is 19.1. The molecule has 0 radical (unpaired) electrons. The Bertz CT molecular complexity index is 727. The number of methoxy groups -OCH3 is 1. The SMILES string of the molecule is COC(=O)c1cc2c([nH]1)[nH]c1ccc(F)cc12. The van der Waals surface area contributed by atoms with Crippen molar-refractivity contribution in [2.75, 3.05) is 7.11 Å². The van der Waals surface area contributed by atoms with E-state index < -0.39 is 5.97 Å². The van der Waals surface area contributed by atoms with Gasteiger partial charge >= 0.3 is 5.97 Å². The Hall–Kier alpha value is -2.30. The summed E-state index contributed by atoms with van der Waals surface area (Å²) < 4.78 is 17.8. The molecule has 2 aromatic heterocycles. The molecule has 17 heavy (non-hydrogen) atoms. The smallest absolute Gasteiger partial charge is 0.354 e. The van der Waals surface area contributed by atoms with Crippen molar-refractivity contribution in [3.05, 3.63) is 35.8 Å². The number of hydrogen-bond acceptors (Lipinski definition) is 2. The molecule has 0 saturated carbocycles. The van der Waals surface area contributed by atoms with Crippen LogP contribution in [0.2, 0.25) is 0 Å². The van der Waals surface area contributed by atoms with Gasteiger partial charge in [-0.2, -0.15) is 0 Å². The molecule has 86 valence electrons. The molecule has 0 aliphatic carbocycles. The van der Waals surface area contributed by atoms with E-state index in [0.717, 1.165) is 16.3 Å². The van der Waals surface area contributed by atoms with Crippen molar-refractivity contribution in [2.24, 2.45) is 0 Å². The minimum Gasteiger partial charge on any atom is -0.464 e. The Labute approximate surface area is 95.4 Å². The van der Waals surface area contributed by atoms with Crippen molar-refractivity contribution in [3.63, 3.8) is 0 Å². The summed E-state index contributed by atoms with van der Waals surface area (Å²) in [7, 11) is 1.31. The van der Waals surface area contributed by atoms with E-state index in [9.17, 15) is 9.18 Å². The fraction of sp³-hybridized carbons (Fsp3) is 0.0833. The molecule has 1 aromatic carbocycles. The van der Waals surface area contributed by atoms with Crippen LogP contribution in [0.5, 0.6) is 0 Å². The molecule has 0 bridgehead atoms. The second kappa shape index (κ2) is 3.35. The lowest BCUT2D eigenvalue weighted by Crippen LogP contribution is -2.00. The fourth-order valence-corrected chi connectivity index (χ4v) is 1.97. The van der Waals surface area contributed by atoms with Crippen molar-refractivity contribution in [2.45, 2.75) is 0 Å². The van der Waals surface area contributed by atoms with Gasteiger partial charge in [0, 0.05) is 16.3 Å². The Morgan fingerprint density at radius 3 is 2.82 bits per heavy atom. The number of H-pyrrole nitrogens is 2. The predicted octanol–water partition coefficient (Wildman–Crippen LogP) is 2.57. The van der Waals surface area contributed by atoms with E-state index in [0.29, 0.717) is 11.3 Å². The van der Waals surface area contributed by atoms with Crippen LogP contribution in [0.25, 0.3) is 21.9 Å². The Morgan fingerprint density at radius 1 is 1.24 bits per heavy atom. The number of rotatable bonds is 1. The molecule has 0 atom stereocenters. The van der Waals surface area contributed by atoms with Gasteiger partial charge in [-0.25, -0.2) is 9.18 Å². The first-order valence-electron chi connectivity index (χ1n) is 5.07. The molecule has 5 heteroatoms. The van der Waals surface area contributed by atoms with Crippen LogP contribution < -0.4 is 0 Å². The van der Waals surface area contributed by atoms with Crippen LogP contribution in [0.4, 0.5) is 4.39 Å². The number of ether oxygens (including phenoxy) is 1. The number of aromatic nitrogens is 2. The lowest BCUT2D eigenvalue weighted by atomic mass is 10.2. The highest BCUT2D eigenvalue weighted by Gasteiger charge is 2.13. The summed E-state index contributed by atoms with van der Waals surface area (Å²) in [6, 6.07) is 6.14. The average molecular weight is 232 g/mol. The van der Waals surface area contributed by atoms with E-state index in [-0.39, 0.29) is 5.82 Å². The standard InChI is InChI=1S/C12H9FN2O2/c1-17-12(16)10-5-8-7-4-6(13)2-3-9(7)14-11(8)15-10/h2-5,14-15H,1H3. The van der Waals surface area contributed by atoms with Gasteiger partial charge in [0.15, 0.2) is 0 Å². The minimum absolute atomic E-state index is 0.306. The molecule has 0 spiro atoms. The average Bonchev–Trinajstić information content (AvgIpc) is 2.86. The second-order valence-electron chi connectivity index (χ2n) is 3.78. The van der Waals surface area contributed by atoms with Gasteiger partial charge in [-0.15, -0.1) is 0 Å². The molecule has 2 N–H and O–H groups in total. The van der Waals surface area contributed by atoms with E-state index in [4.69, 9.17) is 0 Å². The summed E-state index contributed by atoms with van der Waals surface area (Å²) in [4.78, 5) is 17.3. The number of carbonyl (C=O) groups excluding carboxylic acids is 1. The molecular formula is C12H9FN2O2. The van der Waals surface area contributed by atoms with E-state index in [1.807, 2.05) is 0 Å². The zero-order valence-electron chi connectivity index (χ0n) is 9.00. The molecule has 0 fully saturated rings. The third kappa shape index (κ3) is 1.39. The first kappa shape index (κ1) is 9.89. The zero-order valence-corrected chi connectivity index (χ0v) is 9.00. The summed E-state index contributed by atoms with van der Waals surface area (Å²) in [5.74, 6) is -0.752. The highest BCUT2D eigenvalue weighted by molar-refractivity contribution is 6.09. The summed E-state index contributed by atoms with van der Waals surface area (Å²) >= 11 is 0. The molecule has 0 amide bonds. The van der Waals surface area contributed by atoms with Crippen LogP contribution in [0.1, 0.15) is 10.5 Å².